The molecule has 0 heterocycles. The van der Waals surface area contributed by atoms with Gasteiger partial charge in [-0.05, 0) is 59.5 Å². The SMILES string of the molecule is CCc1cccc(NS(=O)(=O)c2ccc(-c3ccc(Cl)cc3)cc2)c1. The summed E-state index contributed by atoms with van der Waals surface area (Å²) < 4.78 is 27.8. The quantitative estimate of drug-likeness (QED) is 0.655. The molecule has 3 aromatic carbocycles. The molecule has 0 atom stereocenters. The third kappa shape index (κ3) is 4.21. The summed E-state index contributed by atoms with van der Waals surface area (Å²) in [5, 5.41) is 0.668. The Morgan fingerprint density at radius 2 is 1.48 bits per heavy atom. The molecule has 0 saturated carbocycles. The molecule has 0 spiro atoms. The largest absolute Gasteiger partial charge is 0.280 e. The van der Waals surface area contributed by atoms with Crippen LogP contribution in [0.2, 0.25) is 5.02 Å². The van der Waals surface area contributed by atoms with E-state index in [1.807, 2.05) is 49.4 Å². The minimum atomic E-state index is -3.62. The molecule has 0 unspecified atom stereocenters. The van der Waals surface area contributed by atoms with Gasteiger partial charge < -0.3 is 0 Å². The summed E-state index contributed by atoms with van der Waals surface area (Å²) in [4.78, 5) is 0.229. The second kappa shape index (κ2) is 7.30. The van der Waals surface area contributed by atoms with Gasteiger partial charge in [-0.3, -0.25) is 4.72 Å². The predicted molar refractivity (Wildman–Crippen MR) is 104 cm³/mol. The van der Waals surface area contributed by atoms with Crippen molar-refractivity contribution in [1.82, 2.24) is 0 Å². The zero-order valence-corrected chi connectivity index (χ0v) is 15.3. The van der Waals surface area contributed by atoms with Gasteiger partial charge in [-0.15, -0.1) is 0 Å². The molecule has 0 saturated heterocycles. The summed E-state index contributed by atoms with van der Waals surface area (Å²) in [7, 11) is -3.62. The van der Waals surface area contributed by atoms with Crippen molar-refractivity contribution >= 4 is 27.3 Å². The van der Waals surface area contributed by atoms with Crippen LogP contribution in [0.4, 0.5) is 5.69 Å². The number of halogens is 1. The third-order valence-electron chi connectivity index (χ3n) is 3.93. The standard InChI is InChI=1S/C20H18ClNO2S/c1-2-15-4-3-5-19(14-15)22-25(23,24)20-12-8-17(9-13-20)16-6-10-18(21)11-7-16/h3-14,22H,2H2,1H3. The van der Waals surface area contributed by atoms with Crippen molar-refractivity contribution in [2.45, 2.75) is 18.2 Å². The molecule has 0 fully saturated rings. The topological polar surface area (TPSA) is 46.2 Å². The Kier molecular flexibility index (Phi) is 5.11. The average molecular weight is 372 g/mol. The summed E-state index contributed by atoms with van der Waals surface area (Å²) in [6, 6.07) is 21.6. The number of anilines is 1. The maximum atomic E-state index is 12.6. The highest BCUT2D eigenvalue weighted by Gasteiger charge is 2.14. The molecule has 128 valence electrons. The summed E-state index contributed by atoms with van der Waals surface area (Å²) in [6.07, 6.45) is 0.853. The van der Waals surface area contributed by atoms with Crippen molar-refractivity contribution in [3.05, 3.63) is 83.4 Å². The Balaban J connectivity index is 1.83. The van der Waals surface area contributed by atoms with Gasteiger partial charge in [-0.1, -0.05) is 54.9 Å². The van der Waals surface area contributed by atoms with Gasteiger partial charge in [0.2, 0.25) is 0 Å². The van der Waals surface area contributed by atoms with Gasteiger partial charge in [0.1, 0.15) is 0 Å². The summed E-state index contributed by atoms with van der Waals surface area (Å²) in [6.45, 7) is 2.03. The van der Waals surface area contributed by atoms with Crippen molar-refractivity contribution in [1.29, 1.82) is 0 Å². The van der Waals surface area contributed by atoms with E-state index in [1.165, 1.54) is 0 Å². The predicted octanol–water partition coefficient (Wildman–Crippen LogP) is 5.37. The van der Waals surface area contributed by atoms with Crippen LogP contribution in [0.3, 0.4) is 0 Å². The van der Waals surface area contributed by atoms with Crippen LogP contribution in [-0.4, -0.2) is 8.42 Å². The molecule has 3 aromatic rings. The molecular formula is C20H18ClNO2S. The molecule has 0 radical (unpaired) electrons. The van der Waals surface area contributed by atoms with Crippen molar-refractivity contribution in [2.24, 2.45) is 0 Å². The number of hydrogen-bond donors (Lipinski definition) is 1. The first-order valence-electron chi connectivity index (χ1n) is 7.96. The minimum Gasteiger partial charge on any atom is -0.280 e. The maximum Gasteiger partial charge on any atom is 0.261 e. The molecule has 0 aliphatic rings. The summed E-state index contributed by atoms with van der Waals surface area (Å²) in [5.41, 5.74) is 3.57. The van der Waals surface area contributed by atoms with Gasteiger partial charge >= 0.3 is 0 Å². The van der Waals surface area contributed by atoms with Crippen LogP contribution in [-0.2, 0) is 16.4 Å². The lowest BCUT2D eigenvalue weighted by Gasteiger charge is -2.10. The van der Waals surface area contributed by atoms with Crippen LogP contribution in [0.5, 0.6) is 0 Å². The number of sulfonamides is 1. The van der Waals surface area contributed by atoms with Crippen LogP contribution in [0.15, 0.2) is 77.7 Å². The van der Waals surface area contributed by atoms with Crippen LogP contribution < -0.4 is 4.72 Å². The molecule has 0 bridgehead atoms. The zero-order chi connectivity index (χ0) is 17.9. The molecule has 25 heavy (non-hydrogen) atoms. The number of aryl methyl sites for hydroxylation is 1. The molecule has 0 aliphatic heterocycles. The van der Waals surface area contributed by atoms with Crippen molar-refractivity contribution in [2.75, 3.05) is 4.72 Å². The van der Waals surface area contributed by atoms with E-state index in [0.29, 0.717) is 10.7 Å². The Hall–Kier alpha value is -2.30. The fraction of sp³-hybridized carbons (Fsp3) is 0.100. The molecule has 0 amide bonds. The van der Waals surface area contributed by atoms with Gasteiger partial charge in [-0.25, -0.2) is 8.42 Å². The zero-order valence-electron chi connectivity index (χ0n) is 13.7. The second-order valence-corrected chi connectivity index (χ2v) is 7.81. The van der Waals surface area contributed by atoms with E-state index < -0.39 is 10.0 Å². The van der Waals surface area contributed by atoms with Gasteiger partial charge in [0.15, 0.2) is 0 Å². The first kappa shape index (κ1) is 17.5. The highest BCUT2D eigenvalue weighted by molar-refractivity contribution is 7.92. The Morgan fingerprint density at radius 3 is 2.08 bits per heavy atom. The van der Waals surface area contributed by atoms with Gasteiger partial charge in [0, 0.05) is 10.7 Å². The van der Waals surface area contributed by atoms with E-state index in [9.17, 15) is 8.42 Å². The normalized spacial score (nSPS) is 11.3. The van der Waals surface area contributed by atoms with E-state index >= 15 is 0 Å². The summed E-state index contributed by atoms with van der Waals surface area (Å²) >= 11 is 5.90. The molecule has 3 rings (SSSR count). The highest BCUT2D eigenvalue weighted by Crippen LogP contribution is 2.24. The van der Waals surface area contributed by atoms with Crippen molar-refractivity contribution in [3.8, 4) is 11.1 Å². The highest BCUT2D eigenvalue weighted by atomic mass is 35.5. The number of hydrogen-bond acceptors (Lipinski definition) is 2. The molecule has 0 aromatic heterocycles. The lowest BCUT2D eigenvalue weighted by atomic mass is 10.1. The van der Waals surface area contributed by atoms with Crippen molar-refractivity contribution < 1.29 is 8.42 Å². The van der Waals surface area contributed by atoms with Crippen LogP contribution in [0, 0.1) is 0 Å². The number of rotatable bonds is 5. The lowest BCUT2D eigenvalue weighted by Crippen LogP contribution is -2.12. The Morgan fingerprint density at radius 1 is 0.880 bits per heavy atom. The lowest BCUT2D eigenvalue weighted by molar-refractivity contribution is 0.601. The second-order valence-electron chi connectivity index (χ2n) is 5.69. The average Bonchev–Trinajstić information content (AvgIpc) is 2.62. The van der Waals surface area contributed by atoms with Crippen LogP contribution in [0.25, 0.3) is 11.1 Å². The number of benzene rings is 3. The fourth-order valence-corrected chi connectivity index (χ4v) is 3.71. The van der Waals surface area contributed by atoms with Crippen LogP contribution in [0.1, 0.15) is 12.5 Å². The van der Waals surface area contributed by atoms with E-state index in [2.05, 4.69) is 4.72 Å². The fourth-order valence-electron chi connectivity index (χ4n) is 2.54. The van der Waals surface area contributed by atoms with E-state index in [0.717, 1.165) is 23.1 Å². The molecule has 5 heteroatoms. The van der Waals surface area contributed by atoms with Crippen LogP contribution >= 0.6 is 11.6 Å². The first-order chi connectivity index (χ1) is 12.0. The molecule has 0 aliphatic carbocycles. The monoisotopic (exact) mass is 371 g/mol. The van der Waals surface area contributed by atoms with Gasteiger partial charge in [0.05, 0.1) is 4.90 Å². The molecular weight excluding hydrogens is 354 g/mol. The smallest absolute Gasteiger partial charge is 0.261 e. The molecule has 3 nitrogen and oxygen atoms in total. The number of nitrogens with one attached hydrogen (secondary N) is 1. The van der Waals surface area contributed by atoms with E-state index in [1.54, 1.807) is 30.3 Å². The van der Waals surface area contributed by atoms with E-state index in [-0.39, 0.29) is 4.90 Å². The van der Waals surface area contributed by atoms with Gasteiger partial charge in [0.25, 0.3) is 10.0 Å². The van der Waals surface area contributed by atoms with Crippen molar-refractivity contribution in [3.63, 3.8) is 0 Å². The van der Waals surface area contributed by atoms with E-state index in [4.69, 9.17) is 11.6 Å². The maximum absolute atomic E-state index is 12.6. The summed E-state index contributed by atoms with van der Waals surface area (Å²) in [5.74, 6) is 0. The first-order valence-corrected chi connectivity index (χ1v) is 9.82. The molecule has 1 N–H and O–H groups in total. The third-order valence-corrected chi connectivity index (χ3v) is 5.58. The van der Waals surface area contributed by atoms with Gasteiger partial charge in [-0.2, -0.15) is 0 Å². The minimum absolute atomic E-state index is 0.229. The Labute approximate surface area is 153 Å². The Bertz CT molecular complexity index is 965.